The zero-order valence-electron chi connectivity index (χ0n) is 16.5. The Kier molecular flexibility index (Phi) is 5.70. The Morgan fingerprint density at radius 2 is 1.04 bits per heavy atom. The smallest absolute Gasteiger partial charge is 0.0684 e. The molecule has 0 atom stereocenters. The van der Waals surface area contributed by atoms with Crippen LogP contribution < -0.4 is 0 Å². The Morgan fingerprint density at radius 3 is 1.42 bits per heavy atom. The average Bonchev–Trinajstić information content (AvgIpc) is 2.62. The van der Waals surface area contributed by atoms with Crippen molar-refractivity contribution in [2.75, 3.05) is 0 Å². The van der Waals surface area contributed by atoms with Gasteiger partial charge in [-0.1, -0.05) is 55.7 Å². The van der Waals surface area contributed by atoms with Crippen LogP contribution in [0.3, 0.4) is 0 Å². The lowest BCUT2D eigenvalue weighted by Crippen LogP contribution is -2.27. The Balaban J connectivity index is 1.94. The van der Waals surface area contributed by atoms with Gasteiger partial charge in [-0.3, -0.25) is 9.98 Å². The van der Waals surface area contributed by atoms with Crippen molar-refractivity contribution in [1.29, 1.82) is 0 Å². The number of hydrogen-bond donors (Lipinski definition) is 0. The highest BCUT2D eigenvalue weighted by atomic mass is 14.8. The lowest BCUT2D eigenvalue weighted by Gasteiger charge is -2.30. The van der Waals surface area contributed by atoms with Crippen molar-refractivity contribution in [3.63, 3.8) is 0 Å². The summed E-state index contributed by atoms with van der Waals surface area (Å²) in [6.07, 6.45) is 10.4. The van der Waals surface area contributed by atoms with Gasteiger partial charge in [0, 0.05) is 17.8 Å². The van der Waals surface area contributed by atoms with Crippen molar-refractivity contribution in [2.24, 2.45) is 15.4 Å². The largest absolute Gasteiger partial charge is 0.260 e. The first-order valence-corrected chi connectivity index (χ1v) is 9.74. The molecule has 2 aromatic rings. The molecule has 0 heterocycles. The second-order valence-corrected chi connectivity index (χ2v) is 7.79. The molecule has 0 bridgehead atoms. The molecule has 0 N–H and O–H groups in total. The molecule has 0 radical (unpaired) electrons. The van der Waals surface area contributed by atoms with Crippen LogP contribution >= 0.6 is 0 Å². The van der Waals surface area contributed by atoms with E-state index >= 15 is 0 Å². The molecule has 0 saturated heterocycles. The van der Waals surface area contributed by atoms with Crippen molar-refractivity contribution in [3.05, 3.63) is 58.7 Å². The van der Waals surface area contributed by atoms with E-state index in [1.54, 1.807) is 0 Å². The zero-order chi connectivity index (χ0) is 18.6. The van der Waals surface area contributed by atoms with Crippen molar-refractivity contribution >= 4 is 23.8 Å². The maximum Gasteiger partial charge on any atom is 0.0684 e. The molecule has 0 amide bonds. The minimum Gasteiger partial charge on any atom is -0.260 e. The van der Waals surface area contributed by atoms with Crippen molar-refractivity contribution in [3.8, 4) is 0 Å². The molecule has 1 aliphatic carbocycles. The van der Waals surface area contributed by atoms with E-state index in [9.17, 15) is 0 Å². The maximum absolute atomic E-state index is 4.94. The predicted octanol–water partition coefficient (Wildman–Crippen LogP) is 6.98. The molecule has 2 nitrogen and oxygen atoms in total. The third-order valence-electron chi connectivity index (χ3n) is 5.56. The summed E-state index contributed by atoms with van der Waals surface area (Å²) in [5, 5.41) is 0. The van der Waals surface area contributed by atoms with Crippen LogP contribution in [0, 0.1) is 33.1 Å². The van der Waals surface area contributed by atoms with Gasteiger partial charge < -0.3 is 0 Å². The number of aryl methyl sites for hydroxylation is 4. The van der Waals surface area contributed by atoms with E-state index < -0.39 is 0 Å². The highest BCUT2D eigenvalue weighted by molar-refractivity contribution is 5.92. The fourth-order valence-corrected chi connectivity index (χ4v) is 3.91. The van der Waals surface area contributed by atoms with E-state index in [1.807, 2.05) is 0 Å². The molecule has 2 aromatic carbocycles. The van der Waals surface area contributed by atoms with E-state index in [0.717, 1.165) is 24.2 Å². The fraction of sp³-hybridized carbons (Fsp3) is 0.417. The molecule has 1 saturated carbocycles. The monoisotopic (exact) mass is 346 g/mol. The van der Waals surface area contributed by atoms with Gasteiger partial charge in [0.1, 0.15) is 0 Å². The van der Waals surface area contributed by atoms with Gasteiger partial charge in [-0.15, -0.1) is 0 Å². The molecule has 3 rings (SSSR count). The van der Waals surface area contributed by atoms with Crippen LogP contribution in [0.1, 0.15) is 54.4 Å². The zero-order valence-corrected chi connectivity index (χ0v) is 16.5. The van der Waals surface area contributed by atoms with E-state index in [-0.39, 0.29) is 5.41 Å². The van der Waals surface area contributed by atoms with Gasteiger partial charge >= 0.3 is 0 Å². The summed E-state index contributed by atoms with van der Waals surface area (Å²) in [4.78, 5) is 9.88. The third kappa shape index (κ3) is 4.12. The first-order chi connectivity index (χ1) is 12.5. The third-order valence-corrected chi connectivity index (χ3v) is 5.56. The van der Waals surface area contributed by atoms with Gasteiger partial charge in [-0.05, 0) is 62.8 Å². The van der Waals surface area contributed by atoms with Gasteiger partial charge in [-0.2, -0.15) is 0 Å². The van der Waals surface area contributed by atoms with Gasteiger partial charge in [0.2, 0.25) is 0 Å². The summed E-state index contributed by atoms with van der Waals surface area (Å²) in [5.41, 5.74) is 7.13. The van der Waals surface area contributed by atoms with Crippen LogP contribution in [0.15, 0.2) is 46.4 Å². The molecular weight excluding hydrogens is 316 g/mol. The topological polar surface area (TPSA) is 24.7 Å². The first kappa shape index (κ1) is 18.6. The summed E-state index contributed by atoms with van der Waals surface area (Å²) in [7, 11) is 0. The molecule has 26 heavy (non-hydrogen) atoms. The highest BCUT2D eigenvalue weighted by Gasteiger charge is 2.29. The van der Waals surface area contributed by atoms with Crippen molar-refractivity contribution < 1.29 is 0 Å². The SMILES string of the molecule is Cc1cccc(C)c1N=CC1(C=Nc2c(C)cccc2C)CCCCC1. The van der Waals surface area contributed by atoms with Crippen LogP contribution in [-0.2, 0) is 0 Å². The Labute approximate surface area is 158 Å². The van der Waals surface area contributed by atoms with E-state index in [0.29, 0.717) is 0 Å². The number of nitrogens with zero attached hydrogens (tertiary/aromatic N) is 2. The van der Waals surface area contributed by atoms with Crippen LogP contribution in [0.4, 0.5) is 11.4 Å². The van der Waals surface area contributed by atoms with E-state index in [1.165, 1.54) is 41.5 Å². The Hall–Kier alpha value is -2.22. The number of hydrogen-bond acceptors (Lipinski definition) is 2. The molecule has 0 spiro atoms. The Bertz CT molecular complexity index is 720. The summed E-state index contributed by atoms with van der Waals surface area (Å²) in [6, 6.07) is 12.7. The van der Waals surface area contributed by atoms with E-state index in [2.05, 4.69) is 76.5 Å². The minimum absolute atomic E-state index is 0.0261. The number of rotatable bonds is 4. The van der Waals surface area contributed by atoms with Crippen LogP contribution in [0.2, 0.25) is 0 Å². The first-order valence-electron chi connectivity index (χ1n) is 9.74. The van der Waals surface area contributed by atoms with Gasteiger partial charge in [0.25, 0.3) is 0 Å². The summed E-state index contributed by atoms with van der Waals surface area (Å²) in [5.74, 6) is 0. The molecule has 0 aromatic heterocycles. The maximum atomic E-state index is 4.94. The average molecular weight is 347 g/mol. The van der Waals surface area contributed by atoms with Crippen molar-refractivity contribution in [1.82, 2.24) is 0 Å². The number of benzene rings is 2. The molecular formula is C24H30N2. The van der Waals surface area contributed by atoms with Gasteiger partial charge in [0.15, 0.2) is 0 Å². The minimum atomic E-state index is -0.0261. The Morgan fingerprint density at radius 1 is 0.654 bits per heavy atom. The van der Waals surface area contributed by atoms with Gasteiger partial charge in [0.05, 0.1) is 11.4 Å². The number of aliphatic imine (C=N–C) groups is 2. The highest BCUT2D eigenvalue weighted by Crippen LogP contribution is 2.36. The molecule has 1 aliphatic rings. The second-order valence-electron chi connectivity index (χ2n) is 7.79. The predicted molar refractivity (Wildman–Crippen MR) is 114 cm³/mol. The lowest BCUT2D eigenvalue weighted by molar-refractivity contribution is 0.388. The molecule has 1 fully saturated rings. The summed E-state index contributed by atoms with van der Waals surface area (Å²) in [6.45, 7) is 8.55. The quantitative estimate of drug-likeness (QED) is 0.534. The molecule has 2 heteroatoms. The van der Waals surface area contributed by atoms with Crippen molar-refractivity contribution in [2.45, 2.75) is 59.8 Å². The molecule has 0 unspecified atom stereocenters. The summed E-state index contributed by atoms with van der Waals surface area (Å²) >= 11 is 0. The van der Waals surface area contributed by atoms with Crippen LogP contribution in [-0.4, -0.2) is 12.4 Å². The molecule has 136 valence electrons. The van der Waals surface area contributed by atoms with Crippen LogP contribution in [0.25, 0.3) is 0 Å². The van der Waals surface area contributed by atoms with Gasteiger partial charge in [-0.25, -0.2) is 0 Å². The lowest BCUT2D eigenvalue weighted by atomic mass is 9.76. The summed E-state index contributed by atoms with van der Waals surface area (Å²) < 4.78 is 0. The second kappa shape index (κ2) is 7.99. The van der Waals surface area contributed by atoms with Crippen LogP contribution in [0.5, 0.6) is 0 Å². The van der Waals surface area contributed by atoms with E-state index in [4.69, 9.17) is 9.98 Å². The normalized spacial score (nSPS) is 17.2. The standard InChI is InChI=1S/C24H30N2/c1-18-10-8-11-19(2)22(18)25-16-24(14-6-5-7-15-24)17-26-23-20(3)12-9-13-21(23)4/h8-13,16-17H,5-7,14-15H2,1-4H3. The fourth-order valence-electron chi connectivity index (χ4n) is 3.91. The molecule has 0 aliphatic heterocycles. The number of para-hydroxylation sites is 2.